The Bertz CT molecular complexity index is 361. The monoisotopic (exact) mass is 204 g/mol. The van der Waals surface area contributed by atoms with Crippen molar-refractivity contribution in [1.82, 2.24) is 5.32 Å². The number of hydrogen-bond acceptors (Lipinski definition) is 3. The van der Waals surface area contributed by atoms with Crippen LogP contribution in [0, 0.1) is 0 Å². The first-order valence-electron chi connectivity index (χ1n) is 5.59. The van der Waals surface area contributed by atoms with E-state index >= 15 is 0 Å². The zero-order valence-corrected chi connectivity index (χ0v) is 8.75. The van der Waals surface area contributed by atoms with Gasteiger partial charge in [0.25, 0.3) is 0 Å². The molecule has 3 nitrogen and oxygen atoms in total. The van der Waals surface area contributed by atoms with Crippen LogP contribution in [-0.4, -0.2) is 25.8 Å². The van der Waals surface area contributed by atoms with Gasteiger partial charge in [-0.1, -0.05) is 12.1 Å². The Balaban J connectivity index is 1.85. The van der Waals surface area contributed by atoms with E-state index < -0.39 is 0 Å². The molecule has 0 amide bonds. The largest absolute Gasteiger partial charge is 0.377 e. The van der Waals surface area contributed by atoms with Crippen molar-refractivity contribution >= 4 is 5.69 Å². The highest BCUT2D eigenvalue weighted by atomic mass is 16.5. The molecule has 80 valence electrons. The second-order valence-electron chi connectivity index (χ2n) is 4.25. The summed E-state index contributed by atoms with van der Waals surface area (Å²) in [4.78, 5) is 0. The second kappa shape index (κ2) is 3.83. The van der Waals surface area contributed by atoms with Crippen LogP contribution >= 0.6 is 0 Å². The average molecular weight is 204 g/mol. The zero-order valence-electron chi connectivity index (χ0n) is 8.75. The maximum atomic E-state index is 5.17. The molecule has 2 N–H and O–H groups in total. The zero-order chi connectivity index (χ0) is 10.1. The SMILES string of the molecule is c1cc2c(c(NC3COC3)c1)CNCC2. The Hall–Kier alpha value is -1.06. The van der Waals surface area contributed by atoms with Crippen molar-refractivity contribution < 1.29 is 4.74 Å². The van der Waals surface area contributed by atoms with Crippen molar-refractivity contribution in [3.8, 4) is 0 Å². The molecule has 15 heavy (non-hydrogen) atoms. The fraction of sp³-hybridized carbons (Fsp3) is 0.500. The van der Waals surface area contributed by atoms with Crippen LogP contribution in [0.4, 0.5) is 5.69 Å². The summed E-state index contributed by atoms with van der Waals surface area (Å²) in [6.45, 7) is 3.78. The van der Waals surface area contributed by atoms with Crippen molar-refractivity contribution in [1.29, 1.82) is 0 Å². The molecule has 2 aliphatic heterocycles. The lowest BCUT2D eigenvalue weighted by molar-refractivity contribution is 0.0210. The van der Waals surface area contributed by atoms with Crippen LogP contribution in [0.3, 0.4) is 0 Å². The Morgan fingerprint density at radius 3 is 3.07 bits per heavy atom. The standard InChI is InChI=1S/C12H16N2O/c1-2-9-4-5-13-6-11(9)12(3-1)14-10-7-15-8-10/h1-3,10,13-14H,4-8H2. The summed E-state index contributed by atoms with van der Waals surface area (Å²) in [6.07, 6.45) is 1.14. The summed E-state index contributed by atoms with van der Waals surface area (Å²) in [7, 11) is 0. The number of hydrogen-bond donors (Lipinski definition) is 2. The topological polar surface area (TPSA) is 33.3 Å². The lowest BCUT2D eigenvalue weighted by Crippen LogP contribution is -2.40. The Labute approximate surface area is 89.8 Å². The first kappa shape index (κ1) is 9.19. The van der Waals surface area contributed by atoms with Crippen molar-refractivity contribution in [2.24, 2.45) is 0 Å². The molecule has 0 radical (unpaired) electrons. The van der Waals surface area contributed by atoms with Gasteiger partial charge in [-0.05, 0) is 30.2 Å². The van der Waals surface area contributed by atoms with Crippen LogP contribution in [0.2, 0.25) is 0 Å². The lowest BCUT2D eigenvalue weighted by Gasteiger charge is -2.30. The molecular formula is C12H16N2O. The third-order valence-electron chi connectivity index (χ3n) is 3.14. The van der Waals surface area contributed by atoms with Crippen LogP contribution in [0.15, 0.2) is 18.2 Å². The van der Waals surface area contributed by atoms with Crippen molar-refractivity contribution in [3.63, 3.8) is 0 Å². The fourth-order valence-electron chi connectivity index (χ4n) is 2.19. The Morgan fingerprint density at radius 1 is 1.33 bits per heavy atom. The predicted octanol–water partition coefficient (Wildman–Crippen LogP) is 1.14. The van der Waals surface area contributed by atoms with E-state index in [1.54, 1.807) is 0 Å². The van der Waals surface area contributed by atoms with Gasteiger partial charge in [0.05, 0.1) is 19.3 Å². The molecule has 1 saturated heterocycles. The summed E-state index contributed by atoms with van der Waals surface area (Å²) < 4.78 is 5.17. The Morgan fingerprint density at radius 2 is 2.27 bits per heavy atom. The first-order valence-corrected chi connectivity index (χ1v) is 5.59. The van der Waals surface area contributed by atoms with E-state index in [0.29, 0.717) is 6.04 Å². The van der Waals surface area contributed by atoms with E-state index in [9.17, 15) is 0 Å². The van der Waals surface area contributed by atoms with Crippen LogP contribution in [0.1, 0.15) is 11.1 Å². The highest BCUT2D eigenvalue weighted by molar-refractivity contribution is 5.56. The first-order chi connectivity index (χ1) is 7.43. The molecule has 2 aliphatic rings. The van der Waals surface area contributed by atoms with Gasteiger partial charge in [-0.3, -0.25) is 0 Å². The summed E-state index contributed by atoms with van der Waals surface area (Å²) in [5.74, 6) is 0. The van der Waals surface area contributed by atoms with Crippen LogP contribution in [0.25, 0.3) is 0 Å². The van der Waals surface area contributed by atoms with Gasteiger partial charge in [-0.15, -0.1) is 0 Å². The molecule has 3 heteroatoms. The maximum absolute atomic E-state index is 5.17. The molecule has 1 fully saturated rings. The molecule has 0 bridgehead atoms. The number of anilines is 1. The van der Waals surface area contributed by atoms with Gasteiger partial charge in [0.2, 0.25) is 0 Å². The summed E-state index contributed by atoms with van der Waals surface area (Å²) in [5, 5.41) is 6.96. The molecular weight excluding hydrogens is 188 g/mol. The van der Waals surface area contributed by atoms with E-state index in [1.807, 2.05) is 0 Å². The molecule has 0 spiro atoms. The van der Waals surface area contributed by atoms with E-state index in [4.69, 9.17) is 4.74 Å². The maximum Gasteiger partial charge on any atom is 0.0728 e. The third kappa shape index (κ3) is 1.73. The minimum atomic E-state index is 0.512. The van der Waals surface area contributed by atoms with E-state index in [-0.39, 0.29) is 0 Å². The van der Waals surface area contributed by atoms with Gasteiger partial charge in [-0.25, -0.2) is 0 Å². The second-order valence-corrected chi connectivity index (χ2v) is 4.25. The van der Waals surface area contributed by atoms with Gasteiger partial charge >= 0.3 is 0 Å². The fourth-order valence-corrected chi connectivity index (χ4v) is 2.19. The highest BCUT2D eigenvalue weighted by Crippen LogP contribution is 2.24. The number of benzene rings is 1. The van der Waals surface area contributed by atoms with Gasteiger partial charge in [0, 0.05) is 12.2 Å². The van der Waals surface area contributed by atoms with E-state index in [1.165, 1.54) is 16.8 Å². The molecule has 1 aromatic carbocycles. The van der Waals surface area contributed by atoms with Gasteiger partial charge < -0.3 is 15.4 Å². The average Bonchev–Trinajstić information content (AvgIpc) is 2.23. The number of fused-ring (bicyclic) bond motifs is 1. The van der Waals surface area contributed by atoms with E-state index in [0.717, 1.165) is 32.7 Å². The minimum Gasteiger partial charge on any atom is -0.377 e. The minimum absolute atomic E-state index is 0.512. The molecule has 0 aliphatic carbocycles. The summed E-state index contributed by atoms with van der Waals surface area (Å²) in [6, 6.07) is 7.06. The summed E-state index contributed by atoms with van der Waals surface area (Å²) in [5.41, 5.74) is 4.21. The van der Waals surface area contributed by atoms with Crippen LogP contribution in [-0.2, 0) is 17.7 Å². The quantitative estimate of drug-likeness (QED) is 0.758. The van der Waals surface area contributed by atoms with Gasteiger partial charge in [0.15, 0.2) is 0 Å². The molecule has 0 unspecified atom stereocenters. The number of rotatable bonds is 2. The normalized spacial score (nSPS) is 20.5. The third-order valence-corrected chi connectivity index (χ3v) is 3.14. The van der Waals surface area contributed by atoms with Crippen molar-refractivity contribution in [3.05, 3.63) is 29.3 Å². The molecule has 0 saturated carbocycles. The number of nitrogens with one attached hydrogen (secondary N) is 2. The highest BCUT2D eigenvalue weighted by Gasteiger charge is 2.20. The molecule has 0 aromatic heterocycles. The number of ether oxygens (including phenoxy) is 1. The molecule has 3 rings (SSSR count). The lowest BCUT2D eigenvalue weighted by atomic mass is 9.99. The predicted molar refractivity (Wildman–Crippen MR) is 60.1 cm³/mol. The van der Waals surface area contributed by atoms with Gasteiger partial charge in [-0.2, -0.15) is 0 Å². The smallest absolute Gasteiger partial charge is 0.0728 e. The van der Waals surface area contributed by atoms with Crippen LogP contribution < -0.4 is 10.6 Å². The summed E-state index contributed by atoms with van der Waals surface area (Å²) >= 11 is 0. The Kier molecular flexibility index (Phi) is 2.35. The van der Waals surface area contributed by atoms with Crippen molar-refractivity contribution in [2.75, 3.05) is 25.1 Å². The van der Waals surface area contributed by atoms with E-state index in [2.05, 4.69) is 28.8 Å². The molecule has 2 heterocycles. The molecule has 1 aromatic rings. The van der Waals surface area contributed by atoms with Crippen molar-refractivity contribution in [2.45, 2.75) is 19.0 Å². The molecule has 0 atom stereocenters. The van der Waals surface area contributed by atoms with Crippen LogP contribution in [0.5, 0.6) is 0 Å². The van der Waals surface area contributed by atoms with Gasteiger partial charge in [0.1, 0.15) is 0 Å².